The summed E-state index contributed by atoms with van der Waals surface area (Å²) in [7, 11) is -3.52. The minimum atomic E-state index is -3.52. The molecular formula is C14H11FO4S. The Balaban J connectivity index is 2.73. The highest BCUT2D eigenvalue weighted by atomic mass is 32.2. The third-order valence-corrected chi connectivity index (χ3v) is 3.94. The Kier molecular flexibility index (Phi) is 3.59. The van der Waals surface area contributed by atoms with Gasteiger partial charge in [-0.25, -0.2) is 17.6 Å². The van der Waals surface area contributed by atoms with Gasteiger partial charge in [0.2, 0.25) is 0 Å². The molecule has 20 heavy (non-hydrogen) atoms. The van der Waals surface area contributed by atoms with E-state index < -0.39 is 21.6 Å². The van der Waals surface area contributed by atoms with Crippen molar-refractivity contribution in [2.45, 2.75) is 4.90 Å². The van der Waals surface area contributed by atoms with Crippen LogP contribution in [-0.4, -0.2) is 25.7 Å². The van der Waals surface area contributed by atoms with Crippen LogP contribution in [-0.2, 0) is 9.84 Å². The predicted octanol–water partition coefficient (Wildman–Crippen LogP) is 2.59. The van der Waals surface area contributed by atoms with Crippen LogP contribution in [0.15, 0.2) is 47.4 Å². The molecule has 0 aliphatic carbocycles. The SMILES string of the molecule is CS(=O)(=O)c1ccc(C(=O)O)cc1-c1ccc(F)cc1. The molecule has 0 saturated heterocycles. The first-order valence-electron chi connectivity index (χ1n) is 5.62. The first kappa shape index (κ1) is 14.2. The van der Waals surface area contributed by atoms with Crippen LogP contribution in [0.2, 0.25) is 0 Å². The van der Waals surface area contributed by atoms with Crippen LogP contribution in [0.4, 0.5) is 4.39 Å². The maximum atomic E-state index is 12.9. The largest absolute Gasteiger partial charge is 0.478 e. The Bertz CT molecular complexity index is 764. The number of hydrogen-bond donors (Lipinski definition) is 1. The quantitative estimate of drug-likeness (QED) is 0.944. The fourth-order valence-electron chi connectivity index (χ4n) is 1.84. The molecule has 1 N–H and O–H groups in total. The fraction of sp³-hybridized carbons (Fsp3) is 0.0714. The van der Waals surface area contributed by atoms with Crippen molar-refractivity contribution in [3.8, 4) is 11.1 Å². The summed E-state index contributed by atoms with van der Waals surface area (Å²) in [4.78, 5) is 11.0. The van der Waals surface area contributed by atoms with E-state index in [1.54, 1.807) is 0 Å². The molecule has 0 fully saturated rings. The predicted molar refractivity (Wildman–Crippen MR) is 71.9 cm³/mol. The molecule has 2 aromatic rings. The normalized spacial score (nSPS) is 11.3. The van der Waals surface area contributed by atoms with Crippen LogP contribution in [0.25, 0.3) is 11.1 Å². The van der Waals surface area contributed by atoms with Crippen LogP contribution in [0.1, 0.15) is 10.4 Å². The number of aromatic carboxylic acids is 1. The molecule has 0 saturated carbocycles. The summed E-state index contributed by atoms with van der Waals surface area (Å²) in [5.41, 5.74) is 0.652. The van der Waals surface area contributed by atoms with Crippen LogP contribution < -0.4 is 0 Å². The van der Waals surface area contributed by atoms with Gasteiger partial charge in [0.1, 0.15) is 5.82 Å². The average molecular weight is 294 g/mol. The van der Waals surface area contributed by atoms with Gasteiger partial charge in [-0.1, -0.05) is 12.1 Å². The van der Waals surface area contributed by atoms with Gasteiger partial charge >= 0.3 is 5.97 Å². The van der Waals surface area contributed by atoms with E-state index in [1.807, 2.05) is 0 Å². The zero-order valence-corrected chi connectivity index (χ0v) is 11.3. The van der Waals surface area contributed by atoms with Crippen molar-refractivity contribution in [3.05, 3.63) is 53.8 Å². The lowest BCUT2D eigenvalue weighted by molar-refractivity contribution is 0.0697. The van der Waals surface area contributed by atoms with Gasteiger partial charge in [-0.05, 0) is 35.9 Å². The standard InChI is InChI=1S/C14H11FO4S/c1-20(18,19)13-7-4-10(14(16)17)8-12(13)9-2-5-11(15)6-3-9/h2-8H,1H3,(H,16,17). The molecule has 0 amide bonds. The molecule has 0 aliphatic heterocycles. The van der Waals surface area contributed by atoms with Gasteiger partial charge in [0.15, 0.2) is 9.84 Å². The van der Waals surface area contributed by atoms with Crippen molar-refractivity contribution in [1.82, 2.24) is 0 Å². The van der Waals surface area contributed by atoms with Gasteiger partial charge in [-0.15, -0.1) is 0 Å². The number of halogens is 1. The van der Waals surface area contributed by atoms with E-state index in [-0.39, 0.29) is 16.0 Å². The number of hydrogen-bond acceptors (Lipinski definition) is 3. The molecule has 2 rings (SSSR count). The van der Waals surface area contributed by atoms with Gasteiger partial charge in [0, 0.05) is 11.8 Å². The number of rotatable bonds is 3. The van der Waals surface area contributed by atoms with Crippen molar-refractivity contribution in [2.24, 2.45) is 0 Å². The van der Waals surface area contributed by atoms with Crippen molar-refractivity contribution in [3.63, 3.8) is 0 Å². The highest BCUT2D eigenvalue weighted by molar-refractivity contribution is 7.90. The maximum absolute atomic E-state index is 12.9. The number of benzene rings is 2. The van der Waals surface area contributed by atoms with Gasteiger partial charge in [0.25, 0.3) is 0 Å². The second-order valence-corrected chi connectivity index (χ2v) is 6.28. The van der Waals surface area contributed by atoms with Gasteiger partial charge < -0.3 is 5.11 Å². The molecule has 0 aliphatic rings. The molecule has 0 radical (unpaired) electrons. The Morgan fingerprint density at radius 1 is 1.10 bits per heavy atom. The highest BCUT2D eigenvalue weighted by Gasteiger charge is 2.17. The summed E-state index contributed by atoms with van der Waals surface area (Å²) in [6, 6.07) is 8.94. The zero-order valence-electron chi connectivity index (χ0n) is 10.5. The summed E-state index contributed by atoms with van der Waals surface area (Å²) in [6.07, 6.45) is 1.04. The highest BCUT2D eigenvalue weighted by Crippen LogP contribution is 2.28. The molecule has 0 bridgehead atoms. The summed E-state index contributed by atoms with van der Waals surface area (Å²) in [5, 5.41) is 8.98. The Morgan fingerprint density at radius 3 is 2.20 bits per heavy atom. The van der Waals surface area contributed by atoms with Crippen molar-refractivity contribution < 1.29 is 22.7 Å². The third kappa shape index (κ3) is 2.85. The van der Waals surface area contributed by atoms with E-state index >= 15 is 0 Å². The van der Waals surface area contributed by atoms with E-state index in [1.165, 1.54) is 42.5 Å². The van der Waals surface area contributed by atoms with Crippen LogP contribution in [0.3, 0.4) is 0 Å². The molecule has 4 nitrogen and oxygen atoms in total. The minimum Gasteiger partial charge on any atom is -0.478 e. The second-order valence-electron chi connectivity index (χ2n) is 4.30. The van der Waals surface area contributed by atoms with Crippen molar-refractivity contribution in [1.29, 1.82) is 0 Å². The fourth-order valence-corrected chi connectivity index (χ4v) is 2.73. The topological polar surface area (TPSA) is 71.4 Å². The summed E-state index contributed by atoms with van der Waals surface area (Å²) < 4.78 is 36.4. The second kappa shape index (κ2) is 5.05. The molecular weight excluding hydrogens is 283 g/mol. The number of sulfone groups is 1. The van der Waals surface area contributed by atoms with E-state index in [0.717, 1.165) is 6.26 Å². The minimum absolute atomic E-state index is 0.00843. The molecule has 104 valence electrons. The smallest absolute Gasteiger partial charge is 0.335 e. The lowest BCUT2D eigenvalue weighted by atomic mass is 10.0. The Labute approximate surface area is 115 Å². The van der Waals surface area contributed by atoms with Gasteiger partial charge in [-0.3, -0.25) is 0 Å². The van der Waals surface area contributed by atoms with E-state index in [2.05, 4.69) is 0 Å². The summed E-state index contributed by atoms with van der Waals surface area (Å²) >= 11 is 0. The maximum Gasteiger partial charge on any atom is 0.335 e. The summed E-state index contributed by atoms with van der Waals surface area (Å²) in [6.45, 7) is 0. The van der Waals surface area contributed by atoms with E-state index in [9.17, 15) is 17.6 Å². The molecule has 2 aromatic carbocycles. The molecule has 0 aromatic heterocycles. The van der Waals surface area contributed by atoms with Crippen molar-refractivity contribution >= 4 is 15.8 Å². The summed E-state index contributed by atoms with van der Waals surface area (Å²) in [5.74, 6) is -1.61. The van der Waals surface area contributed by atoms with E-state index in [4.69, 9.17) is 5.11 Å². The lowest BCUT2D eigenvalue weighted by Crippen LogP contribution is -2.03. The first-order valence-corrected chi connectivity index (χ1v) is 7.51. The number of carbonyl (C=O) groups is 1. The zero-order chi connectivity index (χ0) is 14.9. The van der Waals surface area contributed by atoms with Crippen LogP contribution >= 0.6 is 0 Å². The van der Waals surface area contributed by atoms with Gasteiger partial charge in [0.05, 0.1) is 10.5 Å². The molecule has 6 heteroatoms. The van der Waals surface area contributed by atoms with Crippen LogP contribution in [0, 0.1) is 5.82 Å². The number of carboxylic acids is 1. The molecule has 0 spiro atoms. The lowest BCUT2D eigenvalue weighted by Gasteiger charge is -2.09. The van der Waals surface area contributed by atoms with Crippen molar-refractivity contribution in [2.75, 3.05) is 6.26 Å². The molecule has 0 atom stereocenters. The monoisotopic (exact) mass is 294 g/mol. The van der Waals surface area contributed by atoms with Gasteiger partial charge in [-0.2, -0.15) is 0 Å². The average Bonchev–Trinajstić information content (AvgIpc) is 2.37. The molecule has 0 heterocycles. The number of carboxylic acid groups (broad SMARTS) is 1. The Morgan fingerprint density at radius 2 is 1.70 bits per heavy atom. The third-order valence-electron chi connectivity index (χ3n) is 2.78. The van der Waals surface area contributed by atoms with E-state index in [0.29, 0.717) is 5.56 Å². The molecule has 0 unspecified atom stereocenters. The van der Waals surface area contributed by atoms with Crippen LogP contribution in [0.5, 0.6) is 0 Å². The first-order chi connectivity index (χ1) is 9.29. The Hall–Kier alpha value is -2.21.